The number of carbonyl (C=O) groups is 1. The number of amides is 2. The molecule has 0 bridgehead atoms. The van der Waals surface area contributed by atoms with Crippen molar-refractivity contribution in [1.82, 2.24) is 20.5 Å². The minimum atomic E-state index is -4.60. The van der Waals surface area contributed by atoms with Crippen LogP contribution in [0.3, 0.4) is 0 Å². The molecule has 4 rings (SSSR count). The predicted molar refractivity (Wildman–Crippen MR) is 116 cm³/mol. The van der Waals surface area contributed by atoms with E-state index < -0.39 is 11.9 Å². The summed E-state index contributed by atoms with van der Waals surface area (Å²) in [6, 6.07) is 17.7. The van der Waals surface area contributed by atoms with E-state index in [9.17, 15) is 18.0 Å². The number of rotatable bonds is 6. The van der Waals surface area contributed by atoms with E-state index >= 15 is 0 Å². The van der Waals surface area contributed by atoms with Gasteiger partial charge in [-0.05, 0) is 47.7 Å². The van der Waals surface area contributed by atoms with Crippen molar-refractivity contribution in [2.45, 2.75) is 19.0 Å². The number of halogens is 3. The lowest BCUT2D eigenvalue weighted by Crippen LogP contribution is -2.29. The first-order chi connectivity index (χ1) is 15.4. The van der Waals surface area contributed by atoms with Crippen molar-refractivity contribution in [3.63, 3.8) is 0 Å². The number of alkyl halides is 3. The number of pyridine rings is 1. The van der Waals surface area contributed by atoms with Crippen LogP contribution in [0.15, 0.2) is 66.9 Å². The van der Waals surface area contributed by atoms with Gasteiger partial charge in [-0.25, -0.2) is 9.78 Å². The minimum Gasteiger partial charge on any atom is -0.338 e. The van der Waals surface area contributed by atoms with E-state index in [0.29, 0.717) is 23.4 Å². The molecule has 0 saturated heterocycles. The largest absolute Gasteiger partial charge is 0.435 e. The van der Waals surface area contributed by atoms with Crippen molar-refractivity contribution in [2.24, 2.45) is 0 Å². The third-order valence-electron chi connectivity index (χ3n) is 4.95. The average Bonchev–Trinajstić information content (AvgIpc) is 3.23. The van der Waals surface area contributed by atoms with E-state index in [1.807, 2.05) is 30.3 Å². The first-order valence-corrected chi connectivity index (χ1v) is 10.0. The Kier molecular flexibility index (Phi) is 6.07. The molecule has 164 valence electrons. The van der Waals surface area contributed by atoms with Gasteiger partial charge in [0.25, 0.3) is 0 Å². The van der Waals surface area contributed by atoms with Crippen molar-refractivity contribution in [2.75, 3.05) is 11.9 Å². The molecule has 32 heavy (non-hydrogen) atoms. The summed E-state index contributed by atoms with van der Waals surface area (Å²) in [6.45, 7) is 0.522. The third-order valence-corrected chi connectivity index (χ3v) is 4.95. The average molecular weight is 439 g/mol. The number of nitrogens with one attached hydrogen (secondary N) is 3. The van der Waals surface area contributed by atoms with E-state index in [1.165, 1.54) is 17.8 Å². The van der Waals surface area contributed by atoms with Crippen LogP contribution in [0.5, 0.6) is 0 Å². The van der Waals surface area contributed by atoms with Crippen LogP contribution >= 0.6 is 0 Å². The molecule has 6 nitrogen and oxygen atoms in total. The second-order valence-corrected chi connectivity index (χ2v) is 7.20. The van der Waals surface area contributed by atoms with Gasteiger partial charge in [-0.2, -0.15) is 18.3 Å². The van der Waals surface area contributed by atoms with Crippen molar-refractivity contribution in [3.8, 4) is 11.1 Å². The molecular weight excluding hydrogens is 419 g/mol. The molecule has 0 saturated carbocycles. The topological polar surface area (TPSA) is 82.7 Å². The van der Waals surface area contributed by atoms with Gasteiger partial charge in [-0.3, -0.25) is 5.10 Å². The SMILES string of the molecule is O=C(NCCCc1ccccc1)Nc1ccc(-c2ccnc3[nH]nc(C(F)(F)F)c23)cc1. The summed E-state index contributed by atoms with van der Waals surface area (Å²) in [4.78, 5) is 16.0. The number of fused-ring (bicyclic) bond motifs is 1. The van der Waals surface area contributed by atoms with Crippen molar-refractivity contribution >= 4 is 22.8 Å². The summed E-state index contributed by atoms with van der Waals surface area (Å²) in [5.74, 6) is 0. The highest BCUT2D eigenvalue weighted by molar-refractivity contribution is 5.95. The number of hydrogen-bond donors (Lipinski definition) is 3. The molecule has 0 aliphatic carbocycles. The van der Waals surface area contributed by atoms with Crippen LogP contribution in [0, 0.1) is 0 Å². The van der Waals surface area contributed by atoms with Gasteiger partial charge >= 0.3 is 12.2 Å². The van der Waals surface area contributed by atoms with E-state index in [4.69, 9.17) is 0 Å². The maximum Gasteiger partial charge on any atom is 0.435 e. The number of nitrogens with zero attached hydrogens (tertiary/aromatic N) is 2. The fourth-order valence-corrected chi connectivity index (χ4v) is 3.44. The normalized spacial score (nSPS) is 11.5. The van der Waals surface area contributed by atoms with E-state index in [0.717, 1.165) is 12.8 Å². The van der Waals surface area contributed by atoms with Crippen molar-refractivity contribution < 1.29 is 18.0 Å². The summed E-state index contributed by atoms with van der Waals surface area (Å²) in [5, 5.41) is 11.2. The molecule has 0 fully saturated rings. The predicted octanol–water partition coefficient (Wildman–Crippen LogP) is 5.40. The molecule has 9 heteroatoms. The third kappa shape index (κ3) is 4.88. The smallest absolute Gasteiger partial charge is 0.338 e. The minimum absolute atomic E-state index is 0.0620. The second kappa shape index (κ2) is 9.09. The number of carbonyl (C=O) groups excluding carboxylic acids is 1. The first-order valence-electron chi connectivity index (χ1n) is 10.0. The summed E-state index contributed by atoms with van der Waals surface area (Å²) < 4.78 is 39.9. The highest BCUT2D eigenvalue weighted by atomic mass is 19.4. The Morgan fingerprint density at radius 1 is 1.00 bits per heavy atom. The van der Waals surface area contributed by atoms with Gasteiger partial charge in [0, 0.05) is 18.4 Å². The van der Waals surface area contributed by atoms with Gasteiger partial charge in [-0.1, -0.05) is 42.5 Å². The molecule has 0 unspecified atom stereocenters. The molecule has 0 aliphatic rings. The quantitative estimate of drug-likeness (QED) is 0.352. The number of benzene rings is 2. The second-order valence-electron chi connectivity index (χ2n) is 7.20. The van der Waals surface area contributed by atoms with Crippen LogP contribution in [0.25, 0.3) is 22.2 Å². The Morgan fingerprint density at radius 2 is 1.75 bits per heavy atom. The summed E-state index contributed by atoms with van der Waals surface area (Å²) in [7, 11) is 0. The number of aryl methyl sites for hydroxylation is 1. The van der Waals surface area contributed by atoms with Crippen LogP contribution in [-0.2, 0) is 12.6 Å². The zero-order chi connectivity index (χ0) is 22.6. The highest BCUT2D eigenvalue weighted by Gasteiger charge is 2.37. The fourth-order valence-electron chi connectivity index (χ4n) is 3.44. The van der Waals surface area contributed by atoms with Crippen LogP contribution in [0.1, 0.15) is 17.7 Å². The summed E-state index contributed by atoms with van der Waals surface area (Å²) >= 11 is 0. The maximum atomic E-state index is 13.3. The van der Waals surface area contributed by atoms with Crippen molar-refractivity contribution in [1.29, 1.82) is 0 Å². The molecule has 0 spiro atoms. The number of H-pyrrole nitrogens is 1. The zero-order valence-electron chi connectivity index (χ0n) is 16.9. The van der Waals surface area contributed by atoms with Gasteiger partial charge in [-0.15, -0.1) is 0 Å². The Labute approximate surface area is 181 Å². The Morgan fingerprint density at radius 3 is 2.47 bits per heavy atom. The molecule has 4 aromatic rings. The Balaban J connectivity index is 1.39. The van der Waals surface area contributed by atoms with E-state index in [1.54, 1.807) is 24.3 Å². The zero-order valence-corrected chi connectivity index (χ0v) is 16.9. The standard InChI is InChI=1S/C23H20F3N5O/c24-23(25,26)20-19-18(12-14-27-21(19)31-30-20)16-8-10-17(11-9-16)29-22(32)28-13-4-7-15-5-2-1-3-6-15/h1-3,5-6,8-12,14H,4,7,13H2,(H,27,30,31)(H2,28,29,32). The number of urea groups is 1. The first kappa shape index (κ1) is 21.4. The molecular formula is C23H20F3N5O. The Bertz CT molecular complexity index is 1200. The molecule has 3 N–H and O–H groups in total. The van der Waals surface area contributed by atoms with E-state index in [2.05, 4.69) is 25.8 Å². The summed E-state index contributed by atoms with van der Waals surface area (Å²) in [5.41, 5.74) is 1.70. The maximum absolute atomic E-state index is 13.3. The van der Waals surface area contributed by atoms with Crippen LogP contribution < -0.4 is 10.6 Å². The van der Waals surface area contributed by atoms with E-state index in [-0.39, 0.29) is 17.1 Å². The lowest BCUT2D eigenvalue weighted by Gasteiger charge is -2.10. The van der Waals surface area contributed by atoms with Crippen LogP contribution in [-0.4, -0.2) is 27.8 Å². The lowest BCUT2D eigenvalue weighted by atomic mass is 10.0. The van der Waals surface area contributed by atoms with Gasteiger partial charge in [0.05, 0.1) is 5.39 Å². The number of anilines is 1. The van der Waals surface area contributed by atoms with Crippen LogP contribution in [0.4, 0.5) is 23.7 Å². The number of hydrogen-bond acceptors (Lipinski definition) is 3. The molecule has 2 heterocycles. The lowest BCUT2D eigenvalue weighted by molar-refractivity contribution is -0.139. The number of aromatic nitrogens is 3. The van der Waals surface area contributed by atoms with Crippen LogP contribution in [0.2, 0.25) is 0 Å². The molecule has 2 aromatic carbocycles. The van der Waals surface area contributed by atoms with Gasteiger partial charge in [0.1, 0.15) is 0 Å². The Hall–Kier alpha value is -3.88. The summed E-state index contributed by atoms with van der Waals surface area (Å²) in [6.07, 6.45) is -1.51. The molecule has 2 amide bonds. The fraction of sp³-hybridized carbons (Fsp3) is 0.174. The monoisotopic (exact) mass is 439 g/mol. The number of aromatic amines is 1. The van der Waals surface area contributed by atoms with Gasteiger partial charge in [0.15, 0.2) is 11.3 Å². The van der Waals surface area contributed by atoms with Gasteiger partial charge in [0.2, 0.25) is 0 Å². The molecule has 0 aliphatic heterocycles. The molecule has 2 aromatic heterocycles. The molecule has 0 atom stereocenters. The van der Waals surface area contributed by atoms with Crippen molar-refractivity contribution in [3.05, 3.63) is 78.1 Å². The highest BCUT2D eigenvalue weighted by Crippen LogP contribution is 2.37. The molecule has 0 radical (unpaired) electrons. The van der Waals surface area contributed by atoms with Gasteiger partial charge < -0.3 is 10.6 Å².